The number of rotatable bonds is 38. The molecule has 0 aromatic heterocycles. The summed E-state index contributed by atoms with van der Waals surface area (Å²) in [4.78, 5) is 24.3. The summed E-state index contributed by atoms with van der Waals surface area (Å²) in [7, 11) is 0. The maximum Gasteiger partial charge on any atom is 0.306 e. The molecule has 0 aromatic carbocycles. The van der Waals surface area contributed by atoms with Gasteiger partial charge in [-0.25, -0.2) is 0 Å². The second-order valence-corrected chi connectivity index (χ2v) is 14.0. The fourth-order valence-electron chi connectivity index (χ4n) is 5.87. The van der Waals surface area contributed by atoms with Crippen LogP contribution in [0.1, 0.15) is 200 Å². The molecular formula is C46H80O5. The molecule has 294 valence electrons. The van der Waals surface area contributed by atoms with Crippen molar-refractivity contribution >= 4 is 11.9 Å². The summed E-state index contributed by atoms with van der Waals surface area (Å²) in [6, 6.07) is 0. The van der Waals surface area contributed by atoms with Crippen LogP contribution in [-0.2, 0) is 19.1 Å². The first-order chi connectivity index (χ1) is 25.1. The average molecular weight is 713 g/mol. The molecule has 1 atom stereocenters. The van der Waals surface area contributed by atoms with Gasteiger partial charge in [0.1, 0.15) is 6.61 Å². The first-order valence-electron chi connectivity index (χ1n) is 21.3. The molecule has 5 nitrogen and oxygen atoms in total. The molecule has 51 heavy (non-hydrogen) atoms. The van der Waals surface area contributed by atoms with E-state index in [1.165, 1.54) is 103 Å². The standard InChI is InChI=1S/C46H80O5/c1-3-5-7-9-11-13-15-17-18-19-20-21-22-23-24-25-26-27-28-29-31-33-35-37-39-41-46(49)51-44(42-47)43-50-45(48)40-38-36-34-32-30-16-14-12-10-8-6-4-2/h5,7,11,13,17-18,20-21,23-24,44,47H,3-4,6,8-10,12,14-16,19,22,25-43H2,1-2H3/b7-5-,13-11-,18-17-,21-20-,24-23-. The number of esters is 2. The first-order valence-corrected chi connectivity index (χ1v) is 21.3. The Morgan fingerprint density at radius 3 is 1.27 bits per heavy atom. The molecule has 0 bridgehead atoms. The van der Waals surface area contributed by atoms with Crippen molar-refractivity contribution in [1.82, 2.24) is 0 Å². The lowest BCUT2D eigenvalue weighted by Crippen LogP contribution is -2.28. The molecule has 0 aliphatic heterocycles. The lowest BCUT2D eigenvalue weighted by Gasteiger charge is -2.15. The lowest BCUT2D eigenvalue weighted by molar-refractivity contribution is -0.161. The van der Waals surface area contributed by atoms with E-state index in [1.807, 2.05) is 0 Å². The van der Waals surface area contributed by atoms with Crippen LogP contribution in [0.25, 0.3) is 0 Å². The van der Waals surface area contributed by atoms with Gasteiger partial charge >= 0.3 is 11.9 Å². The van der Waals surface area contributed by atoms with Crippen LogP contribution < -0.4 is 0 Å². The van der Waals surface area contributed by atoms with Crippen molar-refractivity contribution in [3.05, 3.63) is 60.8 Å². The maximum absolute atomic E-state index is 12.2. The summed E-state index contributed by atoms with van der Waals surface area (Å²) in [5.74, 6) is -0.597. The highest BCUT2D eigenvalue weighted by Crippen LogP contribution is 2.14. The van der Waals surface area contributed by atoms with Crippen LogP contribution in [-0.4, -0.2) is 36.4 Å². The number of hydrogen-bond donors (Lipinski definition) is 1. The van der Waals surface area contributed by atoms with Crippen molar-refractivity contribution in [3.8, 4) is 0 Å². The fraction of sp³-hybridized carbons (Fsp3) is 0.739. The van der Waals surface area contributed by atoms with E-state index >= 15 is 0 Å². The quantitative estimate of drug-likeness (QED) is 0.0392. The predicted molar refractivity (Wildman–Crippen MR) is 219 cm³/mol. The summed E-state index contributed by atoms with van der Waals surface area (Å²) < 4.78 is 10.6. The highest BCUT2D eigenvalue weighted by Gasteiger charge is 2.16. The minimum absolute atomic E-state index is 0.0678. The third-order valence-corrected chi connectivity index (χ3v) is 9.08. The van der Waals surface area contributed by atoms with E-state index in [4.69, 9.17) is 9.47 Å². The zero-order valence-corrected chi connectivity index (χ0v) is 33.4. The Hall–Kier alpha value is -2.40. The van der Waals surface area contributed by atoms with Gasteiger partial charge in [-0.2, -0.15) is 0 Å². The molecule has 5 heteroatoms. The molecule has 0 aliphatic carbocycles. The Bertz CT molecular complexity index is 899. The van der Waals surface area contributed by atoms with Crippen molar-refractivity contribution in [3.63, 3.8) is 0 Å². The topological polar surface area (TPSA) is 72.8 Å². The van der Waals surface area contributed by atoms with Crippen LogP contribution in [0.15, 0.2) is 60.8 Å². The molecule has 0 saturated carbocycles. The van der Waals surface area contributed by atoms with Crippen LogP contribution in [0.5, 0.6) is 0 Å². The van der Waals surface area contributed by atoms with E-state index in [9.17, 15) is 14.7 Å². The molecule has 0 rings (SSSR count). The van der Waals surface area contributed by atoms with E-state index in [1.54, 1.807) is 0 Å². The summed E-state index contributed by atoms with van der Waals surface area (Å²) in [6.07, 6.45) is 54.3. The number of aliphatic hydroxyl groups excluding tert-OH is 1. The van der Waals surface area contributed by atoms with Gasteiger partial charge in [-0.1, -0.05) is 190 Å². The highest BCUT2D eigenvalue weighted by molar-refractivity contribution is 5.70. The van der Waals surface area contributed by atoms with Crippen molar-refractivity contribution < 1.29 is 24.2 Å². The Balaban J connectivity index is 3.55. The molecule has 0 amide bonds. The van der Waals surface area contributed by atoms with Crippen molar-refractivity contribution in [2.45, 2.75) is 206 Å². The Morgan fingerprint density at radius 2 is 0.843 bits per heavy atom. The van der Waals surface area contributed by atoms with E-state index < -0.39 is 6.10 Å². The van der Waals surface area contributed by atoms with Crippen LogP contribution >= 0.6 is 0 Å². The van der Waals surface area contributed by atoms with Crippen LogP contribution in [0.4, 0.5) is 0 Å². The Morgan fingerprint density at radius 1 is 0.471 bits per heavy atom. The van der Waals surface area contributed by atoms with Gasteiger partial charge in [-0.15, -0.1) is 0 Å². The highest BCUT2D eigenvalue weighted by atomic mass is 16.6. The van der Waals surface area contributed by atoms with Gasteiger partial charge in [0.15, 0.2) is 6.10 Å². The predicted octanol–water partition coefficient (Wildman–Crippen LogP) is 13.6. The van der Waals surface area contributed by atoms with E-state index in [-0.39, 0.29) is 25.2 Å². The molecule has 0 heterocycles. The lowest BCUT2D eigenvalue weighted by atomic mass is 10.0. The van der Waals surface area contributed by atoms with Gasteiger partial charge in [0.05, 0.1) is 6.61 Å². The smallest absolute Gasteiger partial charge is 0.306 e. The molecule has 0 saturated heterocycles. The average Bonchev–Trinajstić information content (AvgIpc) is 3.13. The molecule has 1 N–H and O–H groups in total. The van der Waals surface area contributed by atoms with Crippen LogP contribution in [0, 0.1) is 0 Å². The molecule has 0 fully saturated rings. The number of aliphatic hydroxyl groups is 1. The largest absolute Gasteiger partial charge is 0.462 e. The minimum atomic E-state index is -0.774. The molecule has 1 unspecified atom stereocenters. The monoisotopic (exact) mass is 713 g/mol. The van der Waals surface area contributed by atoms with Gasteiger partial charge < -0.3 is 14.6 Å². The number of hydrogen-bond acceptors (Lipinski definition) is 5. The summed E-state index contributed by atoms with van der Waals surface area (Å²) >= 11 is 0. The minimum Gasteiger partial charge on any atom is -0.462 e. The van der Waals surface area contributed by atoms with Crippen molar-refractivity contribution in [2.75, 3.05) is 13.2 Å². The Labute approximate surface area is 315 Å². The van der Waals surface area contributed by atoms with Gasteiger partial charge in [-0.3, -0.25) is 9.59 Å². The van der Waals surface area contributed by atoms with Crippen LogP contribution in [0.3, 0.4) is 0 Å². The number of carbonyl (C=O) groups excluding carboxylic acids is 2. The van der Waals surface area contributed by atoms with Crippen LogP contribution in [0.2, 0.25) is 0 Å². The number of allylic oxidation sites excluding steroid dienone is 10. The van der Waals surface area contributed by atoms with E-state index in [0.717, 1.165) is 70.6 Å². The number of ether oxygens (including phenoxy) is 2. The fourth-order valence-corrected chi connectivity index (χ4v) is 5.87. The zero-order chi connectivity index (χ0) is 37.1. The van der Waals surface area contributed by atoms with Gasteiger partial charge in [0.2, 0.25) is 0 Å². The number of carbonyl (C=O) groups is 2. The molecule has 0 aliphatic rings. The van der Waals surface area contributed by atoms with Crippen molar-refractivity contribution in [2.24, 2.45) is 0 Å². The van der Waals surface area contributed by atoms with Crippen molar-refractivity contribution in [1.29, 1.82) is 0 Å². The normalized spacial score (nSPS) is 12.8. The van der Waals surface area contributed by atoms with Gasteiger partial charge in [0.25, 0.3) is 0 Å². The molecule has 0 spiro atoms. The second kappa shape index (κ2) is 42.0. The zero-order valence-electron chi connectivity index (χ0n) is 33.4. The maximum atomic E-state index is 12.2. The second-order valence-electron chi connectivity index (χ2n) is 14.0. The summed E-state index contributed by atoms with van der Waals surface area (Å²) in [6.45, 7) is 4.01. The summed E-state index contributed by atoms with van der Waals surface area (Å²) in [5.41, 5.74) is 0. The summed E-state index contributed by atoms with van der Waals surface area (Å²) in [5, 5.41) is 9.56. The van der Waals surface area contributed by atoms with Gasteiger partial charge in [0, 0.05) is 12.8 Å². The SMILES string of the molecule is CC/C=C\C/C=C\C/C=C\C/C=C\C/C=C\CCCCCCCCCCCC(=O)OC(CO)COC(=O)CCCCCCCCCCCCCC. The van der Waals surface area contributed by atoms with E-state index in [2.05, 4.69) is 74.6 Å². The third kappa shape index (κ3) is 40.2. The first kappa shape index (κ1) is 48.6. The molecule has 0 aromatic rings. The molecular weight excluding hydrogens is 633 g/mol. The third-order valence-electron chi connectivity index (χ3n) is 9.08. The number of unbranched alkanes of at least 4 members (excludes halogenated alkanes) is 20. The van der Waals surface area contributed by atoms with Gasteiger partial charge in [-0.05, 0) is 57.8 Å². The molecule has 0 radical (unpaired) electrons. The Kier molecular flexibility index (Phi) is 40.0. The van der Waals surface area contributed by atoms with E-state index in [0.29, 0.717) is 12.8 Å².